The van der Waals surface area contributed by atoms with Crippen LogP contribution in [0.5, 0.6) is 0 Å². The first-order chi connectivity index (χ1) is 11.1. The zero-order valence-electron chi connectivity index (χ0n) is 13.9. The van der Waals surface area contributed by atoms with E-state index in [9.17, 15) is 9.90 Å². The van der Waals surface area contributed by atoms with Crippen molar-refractivity contribution in [3.63, 3.8) is 0 Å². The number of hydrogen-bond acceptors (Lipinski definition) is 2. The van der Waals surface area contributed by atoms with Crippen molar-refractivity contribution in [1.82, 2.24) is 10.2 Å². The summed E-state index contributed by atoms with van der Waals surface area (Å²) in [5.74, 6) is 0.833. The molecule has 1 saturated heterocycles. The van der Waals surface area contributed by atoms with Crippen LogP contribution in [0.1, 0.15) is 38.2 Å². The van der Waals surface area contributed by atoms with Crippen molar-refractivity contribution in [2.24, 2.45) is 11.8 Å². The fraction of sp³-hybridized carbons (Fsp3) is 0.632. The molecular weight excluding hydrogens is 288 g/mol. The quantitative estimate of drug-likeness (QED) is 0.877. The molecule has 0 aromatic heterocycles. The normalized spacial score (nSPS) is 24.1. The van der Waals surface area contributed by atoms with Crippen molar-refractivity contribution in [3.8, 4) is 0 Å². The van der Waals surface area contributed by atoms with Gasteiger partial charge < -0.3 is 15.3 Å². The van der Waals surface area contributed by atoms with Crippen LogP contribution in [-0.2, 0) is 6.42 Å². The van der Waals surface area contributed by atoms with Crippen LogP contribution in [0.15, 0.2) is 30.3 Å². The van der Waals surface area contributed by atoms with Crippen LogP contribution in [-0.4, -0.2) is 41.3 Å². The molecule has 1 saturated carbocycles. The van der Waals surface area contributed by atoms with E-state index in [-0.39, 0.29) is 24.1 Å². The second-order valence-corrected chi connectivity index (χ2v) is 7.17. The second kappa shape index (κ2) is 7.35. The third kappa shape index (κ3) is 4.47. The molecule has 1 heterocycles. The van der Waals surface area contributed by atoms with Crippen LogP contribution in [0, 0.1) is 11.8 Å². The number of carbonyl (C=O) groups excluding carboxylic acids is 1. The average Bonchev–Trinajstić information content (AvgIpc) is 3.40. The predicted octanol–water partition coefficient (Wildman–Crippen LogP) is 2.81. The van der Waals surface area contributed by atoms with Gasteiger partial charge >= 0.3 is 6.03 Å². The van der Waals surface area contributed by atoms with Gasteiger partial charge in [-0.05, 0) is 50.5 Å². The summed E-state index contributed by atoms with van der Waals surface area (Å²) in [6, 6.07) is 10.7. The van der Waals surface area contributed by atoms with Crippen LogP contribution in [0.3, 0.4) is 0 Å². The number of likely N-dealkylation sites (tertiary alicyclic amines) is 1. The highest BCUT2D eigenvalue weighted by atomic mass is 16.3. The fourth-order valence-corrected chi connectivity index (χ4v) is 3.54. The highest BCUT2D eigenvalue weighted by Gasteiger charge is 2.34. The number of aliphatic hydroxyl groups is 1. The summed E-state index contributed by atoms with van der Waals surface area (Å²) in [6.45, 7) is 3.30. The Morgan fingerprint density at radius 2 is 2.00 bits per heavy atom. The number of nitrogens with zero attached hydrogens (tertiary/aromatic N) is 1. The lowest BCUT2D eigenvalue weighted by atomic mass is 9.93. The van der Waals surface area contributed by atoms with Crippen molar-refractivity contribution in [1.29, 1.82) is 0 Å². The molecule has 0 bridgehead atoms. The molecule has 3 rings (SSSR count). The molecule has 0 spiro atoms. The number of nitrogens with one attached hydrogen (secondary N) is 1. The van der Waals surface area contributed by atoms with Gasteiger partial charge in [-0.15, -0.1) is 0 Å². The van der Waals surface area contributed by atoms with E-state index in [0.717, 1.165) is 25.8 Å². The molecule has 23 heavy (non-hydrogen) atoms. The smallest absolute Gasteiger partial charge is 0.317 e. The SMILES string of the molecule is CC(O)C1CCCN(C(=O)NC(Cc2ccccc2)C2CC2)C1. The Morgan fingerprint density at radius 1 is 1.26 bits per heavy atom. The number of urea groups is 1. The summed E-state index contributed by atoms with van der Waals surface area (Å²) >= 11 is 0. The van der Waals surface area contributed by atoms with Gasteiger partial charge in [0.25, 0.3) is 0 Å². The summed E-state index contributed by atoms with van der Waals surface area (Å²) in [4.78, 5) is 14.5. The summed E-state index contributed by atoms with van der Waals surface area (Å²) in [5, 5.41) is 13.1. The molecule has 1 aromatic carbocycles. The van der Waals surface area contributed by atoms with Gasteiger partial charge in [0.05, 0.1) is 6.10 Å². The number of rotatable bonds is 5. The molecule has 2 amide bonds. The lowest BCUT2D eigenvalue weighted by Crippen LogP contribution is -2.51. The highest BCUT2D eigenvalue weighted by Crippen LogP contribution is 2.34. The Kier molecular flexibility index (Phi) is 5.21. The number of hydrogen-bond donors (Lipinski definition) is 2. The molecule has 2 aliphatic rings. The van der Waals surface area contributed by atoms with E-state index in [4.69, 9.17) is 0 Å². The monoisotopic (exact) mass is 316 g/mol. The Morgan fingerprint density at radius 3 is 2.65 bits per heavy atom. The van der Waals surface area contributed by atoms with Crippen molar-refractivity contribution >= 4 is 6.03 Å². The van der Waals surface area contributed by atoms with Gasteiger partial charge in [0.2, 0.25) is 0 Å². The fourth-order valence-electron chi connectivity index (χ4n) is 3.54. The molecule has 1 aliphatic heterocycles. The van der Waals surface area contributed by atoms with Crippen molar-refractivity contribution in [2.45, 2.75) is 51.2 Å². The van der Waals surface area contributed by atoms with Crippen LogP contribution < -0.4 is 5.32 Å². The minimum atomic E-state index is -0.339. The number of carbonyl (C=O) groups is 1. The molecule has 2 N–H and O–H groups in total. The zero-order chi connectivity index (χ0) is 16.2. The Hall–Kier alpha value is -1.55. The largest absolute Gasteiger partial charge is 0.393 e. The molecule has 1 aromatic rings. The summed E-state index contributed by atoms with van der Waals surface area (Å²) in [7, 11) is 0. The van der Waals surface area contributed by atoms with Gasteiger partial charge in [-0.25, -0.2) is 4.79 Å². The minimum absolute atomic E-state index is 0.0446. The summed E-state index contributed by atoms with van der Waals surface area (Å²) in [5.41, 5.74) is 1.28. The molecule has 126 valence electrons. The van der Waals surface area contributed by atoms with Gasteiger partial charge in [-0.2, -0.15) is 0 Å². The molecule has 4 heteroatoms. The molecule has 0 radical (unpaired) electrons. The standard InChI is InChI=1S/C19H28N2O2/c1-14(22)17-8-5-11-21(13-17)19(23)20-18(16-9-10-16)12-15-6-3-2-4-7-15/h2-4,6-7,14,16-18,22H,5,8-13H2,1H3,(H,20,23). The highest BCUT2D eigenvalue weighted by molar-refractivity contribution is 5.74. The summed E-state index contributed by atoms with van der Waals surface area (Å²) in [6.07, 6.45) is 4.99. The van der Waals surface area contributed by atoms with Crippen LogP contribution in [0.4, 0.5) is 4.79 Å². The topological polar surface area (TPSA) is 52.6 Å². The third-order valence-corrected chi connectivity index (χ3v) is 5.23. The van der Waals surface area contributed by atoms with Crippen molar-refractivity contribution in [2.75, 3.05) is 13.1 Å². The first-order valence-electron chi connectivity index (χ1n) is 8.91. The predicted molar refractivity (Wildman–Crippen MR) is 91.2 cm³/mol. The number of aliphatic hydroxyl groups excluding tert-OH is 1. The molecule has 4 nitrogen and oxygen atoms in total. The number of amides is 2. The Balaban J connectivity index is 1.58. The van der Waals surface area contributed by atoms with E-state index >= 15 is 0 Å². The van der Waals surface area contributed by atoms with Gasteiger partial charge in [0.15, 0.2) is 0 Å². The van der Waals surface area contributed by atoms with E-state index in [1.54, 1.807) is 0 Å². The van der Waals surface area contributed by atoms with E-state index in [1.807, 2.05) is 17.9 Å². The third-order valence-electron chi connectivity index (χ3n) is 5.23. The van der Waals surface area contributed by atoms with Crippen LogP contribution in [0.2, 0.25) is 0 Å². The second-order valence-electron chi connectivity index (χ2n) is 7.17. The van der Waals surface area contributed by atoms with E-state index in [1.165, 1.54) is 18.4 Å². The maximum Gasteiger partial charge on any atom is 0.317 e. The molecule has 1 aliphatic carbocycles. The van der Waals surface area contributed by atoms with Crippen molar-refractivity contribution < 1.29 is 9.90 Å². The molecular formula is C19H28N2O2. The Bertz CT molecular complexity index is 513. The first kappa shape index (κ1) is 16.3. The Labute approximate surface area is 138 Å². The van der Waals surface area contributed by atoms with E-state index in [2.05, 4.69) is 29.6 Å². The lowest BCUT2D eigenvalue weighted by Gasteiger charge is -2.35. The van der Waals surface area contributed by atoms with E-state index in [0.29, 0.717) is 12.5 Å². The van der Waals surface area contributed by atoms with Gasteiger partial charge in [0.1, 0.15) is 0 Å². The molecule has 2 fully saturated rings. The minimum Gasteiger partial charge on any atom is -0.393 e. The van der Waals surface area contributed by atoms with Gasteiger partial charge in [0, 0.05) is 25.0 Å². The maximum atomic E-state index is 12.6. The molecule has 3 unspecified atom stereocenters. The van der Waals surface area contributed by atoms with Crippen LogP contribution in [0.25, 0.3) is 0 Å². The van der Waals surface area contributed by atoms with Crippen molar-refractivity contribution in [3.05, 3.63) is 35.9 Å². The maximum absolute atomic E-state index is 12.6. The first-order valence-corrected chi connectivity index (χ1v) is 8.91. The van der Waals surface area contributed by atoms with Crippen LogP contribution >= 0.6 is 0 Å². The van der Waals surface area contributed by atoms with Gasteiger partial charge in [-0.1, -0.05) is 30.3 Å². The average molecular weight is 316 g/mol. The zero-order valence-corrected chi connectivity index (χ0v) is 13.9. The van der Waals surface area contributed by atoms with E-state index < -0.39 is 0 Å². The lowest BCUT2D eigenvalue weighted by molar-refractivity contribution is 0.0731. The molecule has 3 atom stereocenters. The van der Waals surface area contributed by atoms with Gasteiger partial charge in [-0.3, -0.25) is 0 Å². The number of piperidine rings is 1. The number of benzene rings is 1. The summed E-state index contributed by atoms with van der Waals surface area (Å²) < 4.78 is 0.